The van der Waals surface area contributed by atoms with E-state index in [-0.39, 0.29) is 48.0 Å². The van der Waals surface area contributed by atoms with Crippen molar-refractivity contribution in [3.05, 3.63) is 64.3 Å². The van der Waals surface area contributed by atoms with Crippen LogP contribution in [0, 0.1) is 0 Å². The van der Waals surface area contributed by atoms with Crippen LogP contribution in [0.3, 0.4) is 0 Å². The Kier molecular flexibility index (Phi) is 9.84. The van der Waals surface area contributed by atoms with Crippen LogP contribution in [0.25, 0.3) is 10.9 Å². The summed E-state index contributed by atoms with van der Waals surface area (Å²) in [7, 11) is -2.07. The molecule has 0 spiro atoms. The summed E-state index contributed by atoms with van der Waals surface area (Å²) in [4.78, 5) is 26.2. The van der Waals surface area contributed by atoms with Crippen LogP contribution in [0.4, 0.5) is 0 Å². The largest absolute Gasteiger partial charge is 0.374 e. The zero-order valence-corrected chi connectivity index (χ0v) is 24.7. The third-order valence-electron chi connectivity index (χ3n) is 6.53. The highest BCUT2D eigenvalue weighted by molar-refractivity contribution is 7.98. The van der Waals surface area contributed by atoms with E-state index in [1.807, 2.05) is 37.6 Å². The fraction of sp³-hybridized carbons (Fsp3) is 0.385. The number of thioether (sulfide) groups is 1. The van der Waals surface area contributed by atoms with Crippen LogP contribution in [0.15, 0.2) is 53.4 Å². The predicted molar refractivity (Wildman–Crippen MR) is 155 cm³/mol. The first kappa shape index (κ1) is 29.7. The Hall–Kier alpha value is -2.28. The second kappa shape index (κ2) is 12.9. The summed E-state index contributed by atoms with van der Waals surface area (Å²) in [6.07, 6.45) is 1.79. The molecule has 3 aromatic rings. The number of hydrogen-bond acceptors (Lipinski definition) is 6. The van der Waals surface area contributed by atoms with Gasteiger partial charge in [-0.05, 0) is 48.8 Å². The number of aryl methyl sites for hydroxylation is 1. The number of amides is 2. The lowest BCUT2D eigenvalue weighted by molar-refractivity contribution is -0.124. The Labute approximate surface area is 242 Å². The van der Waals surface area contributed by atoms with Crippen LogP contribution in [0.2, 0.25) is 10.0 Å². The molecule has 2 heterocycles. The number of nitrogens with one attached hydrogen (secondary N) is 2. The fourth-order valence-electron chi connectivity index (χ4n) is 4.44. The molecule has 0 radical (unpaired) electrons. The standard InChI is InChI=1S/C26H30Cl2N4O5S2/c1-31-22-6-4-3-5-17(22)13-23(31)26(34)30-21(9-12-38-2)25(33)29-15-19-16-32(10-11-37-19)39(35,36)24-8-7-18(27)14-20(24)28/h3-8,13-14,19,21H,9-12,15-16H2,1-2H3,(H,29,33)(H,30,34)/t19?,21-/m0/s1. The number of carbonyl (C=O) groups is 2. The smallest absolute Gasteiger partial charge is 0.268 e. The molecule has 13 heteroatoms. The summed E-state index contributed by atoms with van der Waals surface area (Å²) in [6.45, 7) is 0.444. The number of para-hydroxylation sites is 1. The Balaban J connectivity index is 1.40. The molecule has 2 aromatic carbocycles. The van der Waals surface area contributed by atoms with E-state index in [0.29, 0.717) is 22.9 Å². The Morgan fingerprint density at radius 2 is 1.95 bits per heavy atom. The van der Waals surface area contributed by atoms with Gasteiger partial charge in [0.05, 0.1) is 17.7 Å². The molecule has 2 amide bonds. The van der Waals surface area contributed by atoms with E-state index >= 15 is 0 Å². The molecule has 210 valence electrons. The van der Waals surface area contributed by atoms with Crippen molar-refractivity contribution in [1.82, 2.24) is 19.5 Å². The number of rotatable bonds is 10. The second-order valence-corrected chi connectivity index (χ2v) is 12.9. The summed E-state index contributed by atoms with van der Waals surface area (Å²) in [5.41, 5.74) is 1.37. The fourth-order valence-corrected chi connectivity index (χ4v) is 7.11. The van der Waals surface area contributed by atoms with Gasteiger partial charge in [0, 0.05) is 42.6 Å². The summed E-state index contributed by atoms with van der Waals surface area (Å²) in [5.74, 6) is -0.0390. The lowest BCUT2D eigenvalue weighted by Crippen LogP contribution is -2.52. The quantitative estimate of drug-likeness (QED) is 0.362. The molecule has 39 heavy (non-hydrogen) atoms. The summed E-state index contributed by atoms with van der Waals surface area (Å²) in [5, 5.41) is 7.01. The Bertz CT molecular complexity index is 1460. The molecule has 0 bridgehead atoms. The average molecular weight is 614 g/mol. The van der Waals surface area contributed by atoms with Gasteiger partial charge in [-0.15, -0.1) is 0 Å². The summed E-state index contributed by atoms with van der Waals surface area (Å²) >= 11 is 13.6. The lowest BCUT2D eigenvalue weighted by Gasteiger charge is -2.32. The van der Waals surface area contributed by atoms with Gasteiger partial charge in [-0.1, -0.05) is 41.4 Å². The van der Waals surface area contributed by atoms with Gasteiger partial charge in [0.2, 0.25) is 15.9 Å². The van der Waals surface area contributed by atoms with Gasteiger partial charge >= 0.3 is 0 Å². The van der Waals surface area contributed by atoms with E-state index in [1.54, 1.807) is 22.4 Å². The van der Waals surface area contributed by atoms with Gasteiger partial charge in [0.1, 0.15) is 16.6 Å². The van der Waals surface area contributed by atoms with E-state index in [9.17, 15) is 18.0 Å². The first-order valence-electron chi connectivity index (χ1n) is 12.3. The topological polar surface area (TPSA) is 110 Å². The van der Waals surface area contributed by atoms with Crippen LogP contribution < -0.4 is 10.6 Å². The summed E-state index contributed by atoms with van der Waals surface area (Å²) < 4.78 is 35.2. The Morgan fingerprint density at radius 3 is 2.67 bits per heavy atom. The molecule has 0 saturated carbocycles. The highest BCUT2D eigenvalue weighted by Crippen LogP contribution is 2.28. The number of aromatic nitrogens is 1. The van der Waals surface area contributed by atoms with Gasteiger partial charge in [0.15, 0.2) is 0 Å². The maximum Gasteiger partial charge on any atom is 0.268 e. The first-order chi connectivity index (χ1) is 18.6. The van der Waals surface area contributed by atoms with Crippen LogP contribution in [-0.2, 0) is 26.6 Å². The van der Waals surface area contributed by atoms with Crippen molar-refractivity contribution >= 4 is 67.7 Å². The molecule has 2 atom stereocenters. The number of morpholine rings is 1. The summed E-state index contributed by atoms with van der Waals surface area (Å²) in [6, 6.07) is 12.9. The van der Waals surface area contributed by atoms with Gasteiger partial charge < -0.3 is 19.9 Å². The van der Waals surface area contributed by atoms with E-state index in [1.165, 1.54) is 22.5 Å². The van der Waals surface area contributed by atoms with Crippen molar-refractivity contribution in [2.45, 2.75) is 23.5 Å². The van der Waals surface area contributed by atoms with E-state index in [2.05, 4.69) is 10.6 Å². The van der Waals surface area contributed by atoms with Crippen molar-refractivity contribution in [2.75, 3.05) is 38.2 Å². The SMILES string of the molecule is CSCC[C@H](NC(=O)c1cc2ccccc2n1C)C(=O)NCC1CN(S(=O)(=O)c2ccc(Cl)cc2Cl)CCO1. The number of fused-ring (bicyclic) bond motifs is 1. The molecule has 1 aromatic heterocycles. The zero-order valence-electron chi connectivity index (χ0n) is 21.5. The molecular weight excluding hydrogens is 583 g/mol. The molecule has 1 unspecified atom stereocenters. The molecule has 4 rings (SSSR count). The maximum absolute atomic E-state index is 13.2. The van der Waals surface area contributed by atoms with Crippen molar-refractivity contribution in [2.24, 2.45) is 7.05 Å². The molecule has 1 saturated heterocycles. The second-order valence-electron chi connectivity index (χ2n) is 9.13. The van der Waals surface area contributed by atoms with Crippen molar-refractivity contribution in [3.63, 3.8) is 0 Å². The van der Waals surface area contributed by atoms with Gasteiger partial charge in [0.25, 0.3) is 5.91 Å². The average Bonchev–Trinajstić information content (AvgIpc) is 3.26. The third kappa shape index (κ3) is 6.90. The zero-order chi connectivity index (χ0) is 28.2. The number of sulfonamides is 1. The van der Waals surface area contributed by atoms with Crippen LogP contribution in [0.1, 0.15) is 16.9 Å². The minimum Gasteiger partial charge on any atom is -0.374 e. The van der Waals surface area contributed by atoms with Crippen molar-refractivity contribution in [1.29, 1.82) is 0 Å². The Morgan fingerprint density at radius 1 is 1.18 bits per heavy atom. The van der Waals surface area contributed by atoms with E-state index in [0.717, 1.165) is 10.9 Å². The molecule has 1 aliphatic heterocycles. The molecule has 0 aliphatic carbocycles. The minimum atomic E-state index is -3.88. The van der Waals surface area contributed by atoms with Gasteiger partial charge in [-0.25, -0.2) is 8.42 Å². The number of nitrogens with zero attached hydrogens (tertiary/aromatic N) is 2. The first-order valence-corrected chi connectivity index (χ1v) is 15.9. The number of benzene rings is 2. The lowest BCUT2D eigenvalue weighted by atomic mass is 10.2. The minimum absolute atomic E-state index is 0.0357. The van der Waals surface area contributed by atoms with Crippen LogP contribution in [0.5, 0.6) is 0 Å². The predicted octanol–water partition coefficient (Wildman–Crippen LogP) is 3.54. The highest BCUT2D eigenvalue weighted by atomic mass is 35.5. The molecular formula is C26H30Cl2N4O5S2. The normalized spacial score (nSPS) is 17.2. The van der Waals surface area contributed by atoms with Crippen molar-refractivity contribution < 1.29 is 22.7 Å². The maximum atomic E-state index is 13.2. The third-order valence-corrected chi connectivity index (χ3v) is 9.76. The molecule has 1 aliphatic rings. The van der Waals surface area contributed by atoms with E-state index in [4.69, 9.17) is 27.9 Å². The number of halogens is 2. The van der Waals surface area contributed by atoms with E-state index < -0.39 is 22.2 Å². The van der Waals surface area contributed by atoms with Gasteiger partial charge in [-0.3, -0.25) is 9.59 Å². The highest BCUT2D eigenvalue weighted by Gasteiger charge is 2.33. The number of ether oxygens (including phenoxy) is 1. The molecule has 1 fully saturated rings. The number of hydrogen-bond donors (Lipinski definition) is 2. The molecule has 9 nitrogen and oxygen atoms in total. The molecule has 2 N–H and O–H groups in total. The number of carbonyl (C=O) groups excluding carboxylic acids is 2. The van der Waals surface area contributed by atoms with Gasteiger partial charge in [-0.2, -0.15) is 16.1 Å². The van der Waals surface area contributed by atoms with Crippen LogP contribution in [-0.4, -0.2) is 79.5 Å². The monoisotopic (exact) mass is 612 g/mol. The van der Waals surface area contributed by atoms with Crippen LogP contribution >= 0.6 is 35.0 Å². The van der Waals surface area contributed by atoms with Crippen molar-refractivity contribution in [3.8, 4) is 0 Å².